The Morgan fingerprint density at radius 1 is 1.29 bits per heavy atom. The summed E-state index contributed by atoms with van der Waals surface area (Å²) >= 11 is 0. The molecule has 2 rings (SSSR count). The lowest BCUT2D eigenvalue weighted by molar-refractivity contribution is 0.0861. The molecule has 0 spiro atoms. The van der Waals surface area contributed by atoms with Crippen molar-refractivity contribution in [1.29, 1.82) is 0 Å². The fourth-order valence-electron chi connectivity index (χ4n) is 3.51. The highest BCUT2D eigenvalue weighted by Gasteiger charge is 2.31. The summed E-state index contributed by atoms with van der Waals surface area (Å²) in [6, 6.07) is 10.3. The molecule has 0 amide bonds. The average Bonchev–Trinajstić information content (AvgIpc) is 2.48. The van der Waals surface area contributed by atoms with Crippen molar-refractivity contribution in [2.24, 2.45) is 5.92 Å². The number of hydrogen-bond donors (Lipinski definition) is 1. The van der Waals surface area contributed by atoms with Crippen molar-refractivity contribution in [2.45, 2.75) is 59.0 Å². The molecule has 1 aromatic rings. The van der Waals surface area contributed by atoms with Crippen LogP contribution in [0.25, 0.3) is 0 Å². The number of nitrogens with one attached hydrogen (secondary N) is 1. The molecule has 2 nitrogen and oxygen atoms in total. The molecule has 0 aromatic heterocycles. The maximum absolute atomic E-state index is 3.73. The van der Waals surface area contributed by atoms with E-state index in [1.165, 1.54) is 43.5 Å². The summed E-state index contributed by atoms with van der Waals surface area (Å²) in [5, 5.41) is 3.73. The summed E-state index contributed by atoms with van der Waals surface area (Å²) in [7, 11) is 0. The van der Waals surface area contributed by atoms with Crippen molar-refractivity contribution < 1.29 is 0 Å². The van der Waals surface area contributed by atoms with Crippen LogP contribution in [0.4, 0.5) is 0 Å². The molecule has 1 N–H and O–H groups in total. The van der Waals surface area contributed by atoms with Crippen LogP contribution in [0.2, 0.25) is 0 Å². The van der Waals surface area contributed by atoms with Gasteiger partial charge in [0.25, 0.3) is 0 Å². The van der Waals surface area contributed by atoms with Crippen LogP contribution < -0.4 is 5.32 Å². The summed E-state index contributed by atoms with van der Waals surface area (Å²) in [5.41, 5.74) is 2.84. The van der Waals surface area contributed by atoms with E-state index in [1.54, 1.807) is 0 Å². The molecule has 0 aliphatic carbocycles. The fraction of sp³-hybridized carbons (Fsp3) is 0.684. The second-order valence-electron chi connectivity index (χ2n) is 6.72. The van der Waals surface area contributed by atoms with E-state index in [4.69, 9.17) is 0 Å². The van der Waals surface area contributed by atoms with Crippen molar-refractivity contribution >= 4 is 0 Å². The topological polar surface area (TPSA) is 15.3 Å². The van der Waals surface area contributed by atoms with Crippen molar-refractivity contribution in [1.82, 2.24) is 10.2 Å². The zero-order chi connectivity index (χ0) is 15.2. The van der Waals surface area contributed by atoms with Gasteiger partial charge in [0.15, 0.2) is 0 Å². The van der Waals surface area contributed by atoms with Gasteiger partial charge in [-0.15, -0.1) is 0 Å². The largest absolute Gasteiger partial charge is 0.314 e. The zero-order valence-corrected chi connectivity index (χ0v) is 14.2. The lowest BCUT2D eigenvalue weighted by Crippen LogP contribution is -2.53. The number of piperidine rings is 1. The highest BCUT2D eigenvalue weighted by molar-refractivity contribution is 5.22. The minimum atomic E-state index is 0.679. The van der Waals surface area contributed by atoms with Gasteiger partial charge in [-0.05, 0) is 57.7 Å². The number of aryl methyl sites for hydroxylation is 1. The van der Waals surface area contributed by atoms with Crippen molar-refractivity contribution in [3.63, 3.8) is 0 Å². The molecule has 3 unspecified atom stereocenters. The van der Waals surface area contributed by atoms with Gasteiger partial charge in [0, 0.05) is 18.6 Å². The van der Waals surface area contributed by atoms with Crippen LogP contribution in [0.5, 0.6) is 0 Å². The van der Waals surface area contributed by atoms with Gasteiger partial charge < -0.3 is 5.32 Å². The van der Waals surface area contributed by atoms with E-state index in [1.807, 2.05) is 0 Å². The van der Waals surface area contributed by atoms with Crippen LogP contribution in [-0.2, 0) is 6.42 Å². The van der Waals surface area contributed by atoms with Gasteiger partial charge >= 0.3 is 0 Å². The Morgan fingerprint density at radius 2 is 2.10 bits per heavy atom. The number of likely N-dealkylation sites (tertiary alicyclic amines) is 1. The van der Waals surface area contributed by atoms with E-state index in [0.29, 0.717) is 12.1 Å². The molecule has 21 heavy (non-hydrogen) atoms. The molecule has 1 aliphatic rings. The third kappa shape index (κ3) is 4.55. The van der Waals surface area contributed by atoms with Crippen molar-refractivity contribution in [3.05, 3.63) is 35.4 Å². The number of rotatable bonds is 6. The Labute approximate surface area is 130 Å². The first-order valence-corrected chi connectivity index (χ1v) is 8.64. The Hall–Kier alpha value is -0.860. The van der Waals surface area contributed by atoms with Crippen LogP contribution in [0.15, 0.2) is 24.3 Å². The first kappa shape index (κ1) is 16.5. The summed E-state index contributed by atoms with van der Waals surface area (Å²) < 4.78 is 0. The first-order valence-electron chi connectivity index (χ1n) is 8.64. The normalized spacial score (nSPS) is 27.0. The summed E-state index contributed by atoms with van der Waals surface area (Å²) in [5.74, 6) is 0.739. The maximum Gasteiger partial charge on any atom is 0.0120 e. The predicted molar refractivity (Wildman–Crippen MR) is 91.8 cm³/mol. The van der Waals surface area contributed by atoms with E-state index in [2.05, 4.69) is 62.2 Å². The molecular weight excluding hydrogens is 256 g/mol. The van der Waals surface area contributed by atoms with E-state index in [-0.39, 0.29) is 0 Å². The minimum absolute atomic E-state index is 0.679. The highest BCUT2D eigenvalue weighted by Crippen LogP contribution is 2.24. The van der Waals surface area contributed by atoms with Crippen LogP contribution in [0.1, 0.15) is 44.7 Å². The number of benzene rings is 1. The monoisotopic (exact) mass is 288 g/mol. The molecule has 1 aromatic carbocycles. The van der Waals surface area contributed by atoms with Crippen molar-refractivity contribution in [3.8, 4) is 0 Å². The maximum atomic E-state index is 3.73. The molecule has 1 aliphatic heterocycles. The molecular formula is C19H32N2. The van der Waals surface area contributed by atoms with Gasteiger partial charge in [-0.3, -0.25) is 4.90 Å². The highest BCUT2D eigenvalue weighted by atomic mass is 15.2. The third-order valence-corrected chi connectivity index (χ3v) is 5.13. The molecule has 0 radical (unpaired) electrons. The predicted octanol–water partition coefficient (Wildman–Crippen LogP) is 3.64. The van der Waals surface area contributed by atoms with E-state index < -0.39 is 0 Å². The Morgan fingerprint density at radius 3 is 2.81 bits per heavy atom. The number of hydrogen-bond acceptors (Lipinski definition) is 2. The lowest BCUT2D eigenvalue weighted by atomic mass is 9.86. The van der Waals surface area contributed by atoms with Gasteiger partial charge in [0.05, 0.1) is 0 Å². The van der Waals surface area contributed by atoms with Gasteiger partial charge in [-0.25, -0.2) is 0 Å². The standard InChI is InChI=1S/C19H32N2/c1-5-11-20-19-10-13-21(17(4)16(19)3)12-9-18-8-6-7-15(2)14-18/h6-8,14,16-17,19-20H,5,9-13H2,1-4H3. The van der Waals surface area contributed by atoms with E-state index >= 15 is 0 Å². The quantitative estimate of drug-likeness (QED) is 0.860. The van der Waals surface area contributed by atoms with Gasteiger partial charge in [-0.1, -0.05) is 43.7 Å². The summed E-state index contributed by atoms with van der Waals surface area (Å²) in [4.78, 5) is 2.68. The molecule has 118 valence electrons. The molecule has 0 bridgehead atoms. The van der Waals surface area contributed by atoms with Crippen molar-refractivity contribution in [2.75, 3.05) is 19.6 Å². The van der Waals surface area contributed by atoms with Crippen LogP contribution in [0, 0.1) is 12.8 Å². The molecule has 3 atom stereocenters. The Balaban J connectivity index is 1.85. The first-order chi connectivity index (χ1) is 10.1. The SMILES string of the molecule is CCCNC1CCN(CCc2cccc(C)c2)C(C)C1C. The average molecular weight is 288 g/mol. The molecule has 1 fully saturated rings. The second kappa shape index (κ2) is 7.95. The van der Waals surface area contributed by atoms with Gasteiger partial charge in [0.1, 0.15) is 0 Å². The van der Waals surface area contributed by atoms with Gasteiger partial charge in [-0.2, -0.15) is 0 Å². The Bertz CT molecular complexity index is 429. The minimum Gasteiger partial charge on any atom is -0.314 e. The van der Waals surface area contributed by atoms with E-state index in [9.17, 15) is 0 Å². The fourth-order valence-corrected chi connectivity index (χ4v) is 3.51. The smallest absolute Gasteiger partial charge is 0.0120 e. The van der Waals surface area contributed by atoms with Crippen LogP contribution >= 0.6 is 0 Å². The molecule has 0 saturated carbocycles. The molecule has 2 heteroatoms. The van der Waals surface area contributed by atoms with Crippen LogP contribution in [-0.4, -0.2) is 36.6 Å². The summed E-state index contributed by atoms with van der Waals surface area (Å²) in [6.45, 7) is 12.8. The van der Waals surface area contributed by atoms with Crippen LogP contribution in [0.3, 0.4) is 0 Å². The second-order valence-corrected chi connectivity index (χ2v) is 6.72. The molecule has 1 heterocycles. The lowest BCUT2D eigenvalue weighted by Gasteiger charge is -2.43. The zero-order valence-electron chi connectivity index (χ0n) is 14.2. The number of nitrogens with zero attached hydrogens (tertiary/aromatic N) is 1. The van der Waals surface area contributed by atoms with Gasteiger partial charge in [0.2, 0.25) is 0 Å². The Kier molecular flexibility index (Phi) is 6.25. The third-order valence-electron chi connectivity index (χ3n) is 5.13. The summed E-state index contributed by atoms with van der Waals surface area (Å²) in [6.07, 6.45) is 3.69. The molecule has 1 saturated heterocycles. The van der Waals surface area contributed by atoms with E-state index in [0.717, 1.165) is 12.5 Å².